The van der Waals surface area contributed by atoms with Crippen molar-refractivity contribution in [3.63, 3.8) is 0 Å². The highest BCUT2D eigenvalue weighted by molar-refractivity contribution is 6.25. The van der Waals surface area contributed by atoms with Gasteiger partial charge in [0.25, 0.3) is 0 Å². The van der Waals surface area contributed by atoms with E-state index in [1.807, 2.05) is 6.20 Å². The lowest BCUT2D eigenvalue weighted by Crippen LogP contribution is -2.25. The Bertz CT molecular complexity index is 1690. The van der Waals surface area contributed by atoms with Crippen molar-refractivity contribution >= 4 is 32.6 Å². The van der Waals surface area contributed by atoms with Crippen molar-refractivity contribution in [3.05, 3.63) is 108 Å². The van der Waals surface area contributed by atoms with Crippen molar-refractivity contribution in [1.29, 1.82) is 0 Å². The normalized spacial score (nSPS) is 14.2. The largest absolute Gasteiger partial charge is 0.309 e. The molecule has 6 aromatic rings. The molecule has 2 aromatic heterocycles. The smallest absolute Gasteiger partial charge is 0.0582 e. The van der Waals surface area contributed by atoms with Crippen LogP contribution in [0.4, 0.5) is 0 Å². The van der Waals surface area contributed by atoms with Crippen LogP contribution in [0.5, 0.6) is 0 Å². The Balaban J connectivity index is 1.78. The molecule has 0 N–H and O–H groups in total. The quantitative estimate of drug-likeness (QED) is 0.272. The van der Waals surface area contributed by atoms with Crippen LogP contribution < -0.4 is 0 Å². The summed E-state index contributed by atoms with van der Waals surface area (Å²) in [7, 11) is 0. The van der Waals surface area contributed by atoms with E-state index in [1.54, 1.807) is 0 Å². The Morgan fingerprint density at radius 3 is 2.31 bits per heavy atom. The summed E-state index contributed by atoms with van der Waals surface area (Å²) in [6.07, 6.45) is 1.92. The molecule has 0 fully saturated rings. The van der Waals surface area contributed by atoms with Crippen LogP contribution in [0.2, 0.25) is 0 Å². The van der Waals surface area contributed by atoms with E-state index in [9.17, 15) is 0 Å². The highest BCUT2D eigenvalue weighted by Crippen LogP contribution is 2.50. The Labute approximate surface area is 186 Å². The molecule has 0 unspecified atom stereocenters. The van der Waals surface area contributed by atoms with Gasteiger partial charge < -0.3 is 4.57 Å². The summed E-state index contributed by atoms with van der Waals surface area (Å²) >= 11 is 0. The Kier molecular flexibility index (Phi) is 3.37. The minimum atomic E-state index is -0.144. The minimum absolute atomic E-state index is 0.144. The molecule has 152 valence electrons. The lowest BCUT2D eigenvalue weighted by Gasteiger charge is -2.34. The molecule has 2 heteroatoms. The highest BCUT2D eigenvalue weighted by atomic mass is 15.0. The molecular weight excluding hydrogens is 388 g/mol. The maximum Gasteiger partial charge on any atom is 0.0582 e. The number of hydrogen-bond donors (Lipinski definition) is 0. The van der Waals surface area contributed by atoms with Crippen LogP contribution in [-0.2, 0) is 5.41 Å². The first kappa shape index (κ1) is 17.7. The zero-order chi connectivity index (χ0) is 21.4. The van der Waals surface area contributed by atoms with Gasteiger partial charge in [-0.25, -0.2) is 0 Å². The van der Waals surface area contributed by atoms with E-state index in [0.29, 0.717) is 0 Å². The molecule has 0 saturated heterocycles. The molecule has 0 atom stereocenters. The monoisotopic (exact) mass is 410 g/mol. The van der Waals surface area contributed by atoms with Gasteiger partial charge in [-0.05, 0) is 52.2 Å². The van der Waals surface area contributed by atoms with Gasteiger partial charge in [0.2, 0.25) is 0 Å². The first-order valence-electron chi connectivity index (χ1n) is 11.2. The van der Waals surface area contributed by atoms with Crippen molar-refractivity contribution in [3.8, 4) is 16.8 Å². The second kappa shape index (κ2) is 6.08. The van der Waals surface area contributed by atoms with Crippen molar-refractivity contribution in [2.45, 2.75) is 19.3 Å². The van der Waals surface area contributed by atoms with E-state index in [4.69, 9.17) is 4.98 Å². The Morgan fingerprint density at radius 1 is 0.656 bits per heavy atom. The van der Waals surface area contributed by atoms with Crippen molar-refractivity contribution in [2.24, 2.45) is 0 Å². The zero-order valence-electron chi connectivity index (χ0n) is 18.1. The van der Waals surface area contributed by atoms with E-state index >= 15 is 0 Å². The van der Waals surface area contributed by atoms with Gasteiger partial charge in [0, 0.05) is 33.6 Å². The molecule has 0 amide bonds. The predicted octanol–water partition coefficient (Wildman–Crippen LogP) is 7.64. The highest BCUT2D eigenvalue weighted by Gasteiger charge is 2.35. The maximum atomic E-state index is 4.85. The molecular formula is C30H22N2. The SMILES string of the molecule is CC1(C)c2ncccc2-c2cc3c(c4cccc1c24)c1ccccc1n3-c1ccccc1. The molecule has 7 rings (SSSR count). The molecule has 2 heterocycles. The molecule has 0 radical (unpaired) electrons. The van der Waals surface area contributed by atoms with E-state index < -0.39 is 0 Å². The van der Waals surface area contributed by atoms with Crippen molar-refractivity contribution < 1.29 is 0 Å². The Morgan fingerprint density at radius 2 is 1.44 bits per heavy atom. The third kappa shape index (κ3) is 2.12. The molecule has 32 heavy (non-hydrogen) atoms. The number of nitrogens with zero attached hydrogens (tertiary/aromatic N) is 2. The number of rotatable bonds is 1. The average molecular weight is 411 g/mol. The second-order valence-electron chi connectivity index (χ2n) is 9.26. The molecule has 0 aliphatic heterocycles. The molecule has 4 aromatic carbocycles. The van der Waals surface area contributed by atoms with Crippen LogP contribution in [-0.4, -0.2) is 9.55 Å². The van der Waals surface area contributed by atoms with Crippen LogP contribution in [0.15, 0.2) is 97.2 Å². The molecule has 0 saturated carbocycles. The Hall–Kier alpha value is -3.91. The molecule has 1 aliphatic rings. The van der Waals surface area contributed by atoms with Crippen LogP contribution in [0.3, 0.4) is 0 Å². The lowest BCUT2D eigenvalue weighted by molar-refractivity contribution is 0.621. The fraction of sp³-hybridized carbons (Fsp3) is 0.100. The summed E-state index contributed by atoms with van der Waals surface area (Å²) in [5.41, 5.74) is 8.56. The number of para-hydroxylation sites is 2. The summed E-state index contributed by atoms with van der Waals surface area (Å²) in [5, 5.41) is 5.31. The summed E-state index contributed by atoms with van der Waals surface area (Å²) in [6, 6.07) is 32.9. The fourth-order valence-electron chi connectivity index (χ4n) is 5.78. The standard InChI is InChI=1S/C30H22N2/c1-30(2)24-15-8-13-22-27(24)23(20-14-9-17-31-29(20)30)18-26-28(22)21-12-6-7-16-25(21)32(26)19-10-4-3-5-11-19/h3-18H,1-2H3. The number of hydrogen-bond acceptors (Lipinski definition) is 1. The van der Waals surface area contributed by atoms with Gasteiger partial charge in [-0.3, -0.25) is 4.98 Å². The van der Waals surface area contributed by atoms with Gasteiger partial charge >= 0.3 is 0 Å². The third-order valence-corrected chi connectivity index (χ3v) is 7.17. The zero-order valence-corrected chi connectivity index (χ0v) is 18.1. The molecule has 1 aliphatic carbocycles. The number of pyridine rings is 1. The second-order valence-corrected chi connectivity index (χ2v) is 9.26. The first-order valence-corrected chi connectivity index (χ1v) is 11.2. The van der Waals surface area contributed by atoms with Gasteiger partial charge in [0.15, 0.2) is 0 Å². The topological polar surface area (TPSA) is 17.8 Å². The summed E-state index contributed by atoms with van der Waals surface area (Å²) < 4.78 is 2.41. The summed E-state index contributed by atoms with van der Waals surface area (Å²) in [4.78, 5) is 4.85. The van der Waals surface area contributed by atoms with Crippen molar-refractivity contribution in [1.82, 2.24) is 9.55 Å². The minimum Gasteiger partial charge on any atom is -0.309 e. The predicted molar refractivity (Wildman–Crippen MR) is 134 cm³/mol. The van der Waals surface area contributed by atoms with Gasteiger partial charge in [-0.1, -0.05) is 74.5 Å². The number of aromatic nitrogens is 2. The van der Waals surface area contributed by atoms with E-state index in [-0.39, 0.29) is 5.41 Å². The summed E-state index contributed by atoms with van der Waals surface area (Å²) in [5.74, 6) is 0. The van der Waals surface area contributed by atoms with Crippen molar-refractivity contribution in [2.75, 3.05) is 0 Å². The molecule has 0 bridgehead atoms. The average Bonchev–Trinajstić information content (AvgIpc) is 3.17. The van der Waals surface area contributed by atoms with Gasteiger partial charge in [-0.15, -0.1) is 0 Å². The number of fused-ring (bicyclic) bond motifs is 6. The van der Waals surface area contributed by atoms with Gasteiger partial charge in [0.05, 0.1) is 16.7 Å². The van der Waals surface area contributed by atoms with Crippen LogP contribution in [0.25, 0.3) is 49.4 Å². The van der Waals surface area contributed by atoms with Gasteiger partial charge in [0.1, 0.15) is 0 Å². The number of benzene rings is 4. The van der Waals surface area contributed by atoms with Crippen LogP contribution >= 0.6 is 0 Å². The van der Waals surface area contributed by atoms with Crippen LogP contribution in [0, 0.1) is 0 Å². The molecule has 2 nitrogen and oxygen atoms in total. The molecule has 0 spiro atoms. The van der Waals surface area contributed by atoms with E-state index in [2.05, 4.69) is 109 Å². The van der Waals surface area contributed by atoms with E-state index in [1.165, 1.54) is 55.0 Å². The van der Waals surface area contributed by atoms with E-state index in [0.717, 1.165) is 5.69 Å². The third-order valence-electron chi connectivity index (χ3n) is 7.17. The van der Waals surface area contributed by atoms with Crippen LogP contribution in [0.1, 0.15) is 25.1 Å². The lowest BCUT2D eigenvalue weighted by atomic mass is 9.70. The first-order chi connectivity index (χ1) is 15.7. The fourth-order valence-corrected chi connectivity index (χ4v) is 5.78. The summed E-state index contributed by atoms with van der Waals surface area (Å²) in [6.45, 7) is 4.60. The maximum absolute atomic E-state index is 4.85. The van der Waals surface area contributed by atoms with Gasteiger partial charge in [-0.2, -0.15) is 0 Å².